The minimum atomic E-state index is -0.316. The van der Waals surface area contributed by atoms with Crippen LogP contribution in [0.2, 0.25) is 5.02 Å². The third-order valence-electron chi connectivity index (χ3n) is 3.83. The van der Waals surface area contributed by atoms with Gasteiger partial charge in [-0.25, -0.2) is 0 Å². The molecule has 134 valence electrons. The molecule has 0 bridgehead atoms. The molecular formula is C19H19ClN4OS. The predicted molar refractivity (Wildman–Crippen MR) is 107 cm³/mol. The van der Waals surface area contributed by atoms with Gasteiger partial charge in [0.05, 0.1) is 5.25 Å². The molecule has 0 aliphatic rings. The third kappa shape index (κ3) is 4.26. The van der Waals surface area contributed by atoms with E-state index in [9.17, 15) is 4.79 Å². The number of nitrogens with zero attached hydrogens (tertiary/aromatic N) is 3. The van der Waals surface area contributed by atoms with Crippen LogP contribution in [0.15, 0.2) is 59.8 Å². The summed E-state index contributed by atoms with van der Waals surface area (Å²) in [7, 11) is 0. The van der Waals surface area contributed by atoms with Crippen molar-refractivity contribution in [2.75, 3.05) is 5.32 Å². The first-order valence-electron chi connectivity index (χ1n) is 8.30. The van der Waals surface area contributed by atoms with Gasteiger partial charge in [-0.2, -0.15) is 0 Å². The van der Waals surface area contributed by atoms with Gasteiger partial charge in [0.2, 0.25) is 5.91 Å². The maximum absolute atomic E-state index is 12.5. The Bertz CT molecular complexity index is 880. The van der Waals surface area contributed by atoms with Gasteiger partial charge in [-0.15, -0.1) is 10.2 Å². The van der Waals surface area contributed by atoms with Crippen molar-refractivity contribution in [3.8, 4) is 11.4 Å². The highest BCUT2D eigenvalue weighted by atomic mass is 35.5. The zero-order chi connectivity index (χ0) is 18.5. The van der Waals surface area contributed by atoms with Gasteiger partial charge in [0.1, 0.15) is 0 Å². The molecule has 0 saturated carbocycles. The second kappa shape index (κ2) is 8.38. The quantitative estimate of drug-likeness (QED) is 0.622. The first-order valence-corrected chi connectivity index (χ1v) is 9.56. The summed E-state index contributed by atoms with van der Waals surface area (Å²) in [4.78, 5) is 12.5. The number of anilines is 1. The Kier molecular flexibility index (Phi) is 5.96. The number of hydrogen-bond acceptors (Lipinski definition) is 4. The lowest BCUT2D eigenvalue weighted by molar-refractivity contribution is -0.115. The van der Waals surface area contributed by atoms with Gasteiger partial charge in [0.15, 0.2) is 11.0 Å². The normalized spacial score (nSPS) is 12.0. The second-order valence-electron chi connectivity index (χ2n) is 5.67. The minimum Gasteiger partial charge on any atom is -0.325 e. The summed E-state index contributed by atoms with van der Waals surface area (Å²) in [6.07, 6.45) is 0. The molecule has 3 aromatic rings. The van der Waals surface area contributed by atoms with E-state index in [4.69, 9.17) is 11.6 Å². The smallest absolute Gasteiger partial charge is 0.237 e. The minimum absolute atomic E-state index is 0.0933. The molecule has 0 spiro atoms. The zero-order valence-corrected chi connectivity index (χ0v) is 16.1. The van der Waals surface area contributed by atoms with Crippen LogP contribution >= 0.6 is 23.4 Å². The van der Waals surface area contributed by atoms with Crippen molar-refractivity contribution in [1.82, 2.24) is 14.8 Å². The fourth-order valence-electron chi connectivity index (χ4n) is 2.45. The van der Waals surface area contributed by atoms with E-state index in [-0.39, 0.29) is 11.2 Å². The van der Waals surface area contributed by atoms with Crippen LogP contribution in [0, 0.1) is 0 Å². The van der Waals surface area contributed by atoms with Crippen LogP contribution in [-0.4, -0.2) is 25.9 Å². The van der Waals surface area contributed by atoms with Crippen LogP contribution in [0.5, 0.6) is 0 Å². The molecule has 0 radical (unpaired) electrons. The van der Waals surface area contributed by atoms with Crippen LogP contribution in [0.1, 0.15) is 13.8 Å². The summed E-state index contributed by atoms with van der Waals surface area (Å²) >= 11 is 7.26. The molecule has 1 atom stereocenters. The molecule has 2 aromatic carbocycles. The van der Waals surface area contributed by atoms with E-state index in [0.29, 0.717) is 10.7 Å². The van der Waals surface area contributed by atoms with Gasteiger partial charge < -0.3 is 9.88 Å². The number of rotatable bonds is 6. The Balaban J connectivity index is 1.73. The first kappa shape index (κ1) is 18.5. The zero-order valence-electron chi connectivity index (χ0n) is 14.5. The van der Waals surface area contributed by atoms with Crippen molar-refractivity contribution in [2.24, 2.45) is 0 Å². The molecule has 0 aliphatic carbocycles. The molecule has 1 aromatic heterocycles. The van der Waals surface area contributed by atoms with E-state index >= 15 is 0 Å². The Hall–Kier alpha value is -2.31. The van der Waals surface area contributed by atoms with Gasteiger partial charge in [0, 0.05) is 22.8 Å². The second-order valence-corrected chi connectivity index (χ2v) is 7.42. The summed E-state index contributed by atoms with van der Waals surface area (Å²) in [5, 5.41) is 12.5. The lowest BCUT2D eigenvalue weighted by Crippen LogP contribution is -2.22. The number of hydrogen-bond donors (Lipinski definition) is 1. The Morgan fingerprint density at radius 1 is 1.15 bits per heavy atom. The number of carbonyl (C=O) groups excluding carboxylic acids is 1. The lowest BCUT2D eigenvalue weighted by Gasteiger charge is -2.13. The highest BCUT2D eigenvalue weighted by Crippen LogP contribution is 2.27. The van der Waals surface area contributed by atoms with Crippen molar-refractivity contribution >= 4 is 35.0 Å². The SMILES string of the molecule is CCn1c(SC(C)C(=O)Nc2ccc(Cl)cc2)nnc1-c1ccccc1. The lowest BCUT2D eigenvalue weighted by atomic mass is 10.2. The molecule has 7 heteroatoms. The van der Waals surface area contributed by atoms with E-state index < -0.39 is 0 Å². The number of halogens is 1. The highest BCUT2D eigenvalue weighted by Gasteiger charge is 2.20. The molecule has 0 saturated heterocycles. The maximum Gasteiger partial charge on any atom is 0.237 e. The van der Waals surface area contributed by atoms with Gasteiger partial charge >= 0.3 is 0 Å². The molecule has 0 aliphatic heterocycles. The van der Waals surface area contributed by atoms with Gasteiger partial charge in [-0.05, 0) is 38.1 Å². The fraction of sp³-hybridized carbons (Fsp3) is 0.211. The predicted octanol–water partition coefficient (Wildman–Crippen LogP) is 4.74. The Morgan fingerprint density at radius 2 is 1.85 bits per heavy atom. The fourth-order valence-corrected chi connectivity index (χ4v) is 3.49. The number of nitrogens with one attached hydrogen (secondary N) is 1. The van der Waals surface area contributed by atoms with Crippen molar-refractivity contribution < 1.29 is 4.79 Å². The van der Waals surface area contributed by atoms with Crippen molar-refractivity contribution in [3.63, 3.8) is 0 Å². The number of amides is 1. The molecule has 1 heterocycles. The summed E-state index contributed by atoms with van der Waals surface area (Å²) in [5.41, 5.74) is 1.72. The van der Waals surface area contributed by atoms with Crippen LogP contribution in [0.3, 0.4) is 0 Å². The van der Waals surface area contributed by atoms with Crippen LogP contribution < -0.4 is 5.32 Å². The monoisotopic (exact) mass is 386 g/mol. The van der Waals surface area contributed by atoms with E-state index in [2.05, 4.69) is 15.5 Å². The summed E-state index contributed by atoms with van der Waals surface area (Å²) in [6.45, 7) is 4.62. The van der Waals surface area contributed by atoms with E-state index in [0.717, 1.165) is 23.1 Å². The van der Waals surface area contributed by atoms with E-state index in [1.54, 1.807) is 24.3 Å². The van der Waals surface area contributed by atoms with Crippen LogP contribution in [0.25, 0.3) is 11.4 Å². The maximum atomic E-state index is 12.5. The number of benzene rings is 2. The van der Waals surface area contributed by atoms with E-state index in [1.807, 2.05) is 48.7 Å². The van der Waals surface area contributed by atoms with Gasteiger partial charge in [-0.3, -0.25) is 4.79 Å². The number of thioether (sulfide) groups is 1. The van der Waals surface area contributed by atoms with Crippen molar-refractivity contribution in [3.05, 3.63) is 59.6 Å². The molecule has 1 unspecified atom stereocenters. The topological polar surface area (TPSA) is 59.8 Å². The summed E-state index contributed by atoms with van der Waals surface area (Å²) < 4.78 is 2.02. The van der Waals surface area contributed by atoms with Crippen LogP contribution in [0.4, 0.5) is 5.69 Å². The third-order valence-corrected chi connectivity index (χ3v) is 5.16. The van der Waals surface area contributed by atoms with Gasteiger partial charge in [0.25, 0.3) is 0 Å². The largest absolute Gasteiger partial charge is 0.325 e. The standard InChI is InChI=1S/C19H19ClN4OS/c1-3-24-17(14-7-5-4-6-8-14)22-23-19(24)26-13(2)18(25)21-16-11-9-15(20)10-12-16/h4-13H,3H2,1-2H3,(H,21,25). The van der Waals surface area contributed by atoms with Crippen molar-refractivity contribution in [2.45, 2.75) is 30.8 Å². The molecule has 3 rings (SSSR count). The van der Waals surface area contributed by atoms with Crippen LogP contribution in [-0.2, 0) is 11.3 Å². The summed E-state index contributed by atoms with van der Waals surface area (Å²) in [5.74, 6) is 0.713. The van der Waals surface area contributed by atoms with E-state index in [1.165, 1.54) is 11.8 Å². The molecule has 26 heavy (non-hydrogen) atoms. The summed E-state index contributed by atoms with van der Waals surface area (Å²) in [6, 6.07) is 17.0. The molecule has 1 N–H and O–H groups in total. The number of carbonyl (C=O) groups is 1. The Labute approximate surface area is 161 Å². The average Bonchev–Trinajstić information content (AvgIpc) is 3.06. The van der Waals surface area contributed by atoms with Gasteiger partial charge in [-0.1, -0.05) is 53.7 Å². The molecule has 1 amide bonds. The average molecular weight is 387 g/mol. The molecule has 0 fully saturated rings. The highest BCUT2D eigenvalue weighted by molar-refractivity contribution is 8.00. The number of aromatic nitrogens is 3. The van der Waals surface area contributed by atoms with Crippen molar-refractivity contribution in [1.29, 1.82) is 0 Å². The molecular weight excluding hydrogens is 368 g/mol. The first-order chi connectivity index (χ1) is 12.6. The Morgan fingerprint density at radius 3 is 2.50 bits per heavy atom. The molecule has 5 nitrogen and oxygen atoms in total.